The van der Waals surface area contributed by atoms with Gasteiger partial charge in [0, 0.05) is 44.5 Å². The van der Waals surface area contributed by atoms with Crippen molar-refractivity contribution in [2.45, 2.75) is 18.7 Å². The number of carbonyl (C=O) groups excluding carboxylic acids is 1. The van der Waals surface area contributed by atoms with Gasteiger partial charge in [0.05, 0.1) is 12.0 Å². The van der Waals surface area contributed by atoms with Gasteiger partial charge in [-0.2, -0.15) is 4.31 Å². The van der Waals surface area contributed by atoms with E-state index in [0.717, 1.165) is 11.4 Å². The lowest BCUT2D eigenvalue weighted by Crippen LogP contribution is -2.48. The number of ether oxygens (including phenoxy) is 1. The Morgan fingerprint density at radius 1 is 1.04 bits per heavy atom. The minimum absolute atomic E-state index is 0.187. The van der Waals surface area contributed by atoms with Gasteiger partial charge in [-0.1, -0.05) is 0 Å². The topological polar surface area (TPSA) is 79.0 Å². The largest absolute Gasteiger partial charge is 0.497 e. The molecule has 1 aliphatic heterocycles. The van der Waals surface area contributed by atoms with Crippen molar-refractivity contribution in [3.63, 3.8) is 0 Å². The highest BCUT2D eigenvalue weighted by Crippen LogP contribution is 2.25. The van der Waals surface area contributed by atoms with Crippen LogP contribution in [0.1, 0.15) is 12.5 Å². The Morgan fingerprint density at radius 3 is 2.21 bits per heavy atom. The van der Waals surface area contributed by atoms with Gasteiger partial charge in [0.2, 0.25) is 15.9 Å². The molecular weight excluding hydrogens is 378 g/mol. The van der Waals surface area contributed by atoms with E-state index in [0.29, 0.717) is 37.4 Å². The zero-order valence-corrected chi connectivity index (χ0v) is 17.1. The van der Waals surface area contributed by atoms with Crippen LogP contribution in [0.25, 0.3) is 0 Å². The van der Waals surface area contributed by atoms with Gasteiger partial charge >= 0.3 is 0 Å². The van der Waals surface area contributed by atoms with Gasteiger partial charge in [0.25, 0.3) is 0 Å². The smallest absolute Gasteiger partial charge is 0.243 e. The number of hydrogen-bond acceptors (Lipinski definition) is 5. The summed E-state index contributed by atoms with van der Waals surface area (Å²) in [5.41, 5.74) is 2.39. The third-order valence-electron chi connectivity index (χ3n) is 4.82. The minimum atomic E-state index is -3.57. The lowest BCUT2D eigenvalue weighted by molar-refractivity contribution is -0.114. The highest BCUT2D eigenvalue weighted by molar-refractivity contribution is 7.89. The molecule has 1 saturated heterocycles. The maximum atomic E-state index is 13.0. The number of nitrogens with zero attached hydrogens (tertiary/aromatic N) is 2. The molecule has 2 aromatic carbocycles. The van der Waals surface area contributed by atoms with Gasteiger partial charge in [-0.05, 0) is 55.0 Å². The van der Waals surface area contributed by atoms with E-state index in [-0.39, 0.29) is 10.8 Å². The molecule has 1 N–H and O–H groups in total. The fourth-order valence-corrected chi connectivity index (χ4v) is 4.76. The van der Waals surface area contributed by atoms with E-state index in [1.54, 1.807) is 32.2 Å². The lowest BCUT2D eigenvalue weighted by Gasteiger charge is -2.35. The van der Waals surface area contributed by atoms with Crippen molar-refractivity contribution in [3.05, 3.63) is 48.0 Å². The summed E-state index contributed by atoms with van der Waals surface area (Å²) < 4.78 is 32.7. The number of anilines is 2. The maximum absolute atomic E-state index is 13.0. The van der Waals surface area contributed by atoms with Crippen LogP contribution in [0.4, 0.5) is 11.4 Å². The van der Waals surface area contributed by atoms with Crippen LogP contribution < -0.4 is 15.0 Å². The number of amides is 1. The first-order valence-corrected chi connectivity index (χ1v) is 10.5. The van der Waals surface area contributed by atoms with Crippen molar-refractivity contribution in [2.24, 2.45) is 0 Å². The number of rotatable bonds is 5. The van der Waals surface area contributed by atoms with Gasteiger partial charge in [0.15, 0.2) is 0 Å². The quantitative estimate of drug-likeness (QED) is 0.830. The van der Waals surface area contributed by atoms with Crippen molar-refractivity contribution in [1.82, 2.24) is 4.31 Å². The van der Waals surface area contributed by atoms with Gasteiger partial charge in [-0.3, -0.25) is 4.79 Å². The molecule has 1 amide bonds. The van der Waals surface area contributed by atoms with Crippen LogP contribution in [0.15, 0.2) is 47.4 Å². The summed E-state index contributed by atoms with van der Waals surface area (Å²) in [5, 5.41) is 2.70. The first kappa shape index (κ1) is 20.2. The molecule has 1 aliphatic rings. The summed E-state index contributed by atoms with van der Waals surface area (Å²) >= 11 is 0. The molecule has 150 valence electrons. The molecule has 0 bridgehead atoms. The van der Waals surface area contributed by atoms with Gasteiger partial charge in [0.1, 0.15) is 5.75 Å². The van der Waals surface area contributed by atoms with Crippen LogP contribution in [0.5, 0.6) is 5.75 Å². The average molecular weight is 404 g/mol. The van der Waals surface area contributed by atoms with Crippen molar-refractivity contribution in [3.8, 4) is 5.75 Å². The van der Waals surface area contributed by atoms with E-state index in [2.05, 4.69) is 10.2 Å². The molecule has 1 fully saturated rings. The van der Waals surface area contributed by atoms with Crippen molar-refractivity contribution in [2.75, 3.05) is 43.5 Å². The number of nitrogens with one attached hydrogen (secondary N) is 1. The Labute approximate surface area is 166 Å². The van der Waals surface area contributed by atoms with E-state index in [9.17, 15) is 13.2 Å². The fourth-order valence-electron chi connectivity index (χ4n) is 3.26. The molecule has 7 nitrogen and oxygen atoms in total. The average Bonchev–Trinajstić information content (AvgIpc) is 2.69. The van der Waals surface area contributed by atoms with Crippen LogP contribution in [-0.2, 0) is 14.8 Å². The number of aryl methyl sites for hydroxylation is 1. The molecule has 28 heavy (non-hydrogen) atoms. The zero-order chi connectivity index (χ0) is 20.3. The summed E-state index contributed by atoms with van der Waals surface area (Å²) in [6.45, 7) is 5.28. The second kappa shape index (κ2) is 8.20. The molecule has 0 radical (unpaired) electrons. The molecule has 0 unspecified atom stereocenters. The Kier molecular flexibility index (Phi) is 5.90. The number of methoxy groups -OCH3 is 1. The minimum Gasteiger partial charge on any atom is -0.497 e. The van der Waals surface area contributed by atoms with E-state index < -0.39 is 10.0 Å². The second-order valence-electron chi connectivity index (χ2n) is 6.75. The molecule has 8 heteroatoms. The summed E-state index contributed by atoms with van der Waals surface area (Å²) in [5.74, 6) is 0.608. The Morgan fingerprint density at radius 2 is 1.68 bits per heavy atom. The van der Waals surface area contributed by atoms with Crippen molar-refractivity contribution in [1.29, 1.82) is 0 Å². The maximum Gasteiger partial charge on any atom is 0.243 e. The van der Waals surface area contributed by atoms with E-state index in [1.807, 2.05) is 24.3 Å². The van der Waals surface area contributed by atoms with E-state index in [4.69, 9.17) is 4.74 Å². The normalized spacial score (nSPS) is 15.3. The van der Waals surface area contributed by atoms with Crippen LogP contribution in [0.3, 0.4) is 0 Å². The Bertz CT molecular complexity index is 950. The van der Waals surface area contributed by atoms with Gasteiger partial charge < -0.3 is 15.0 Å². The first-order valence-electron chi connectivity index (χ1n) is 9.08. The summed E-state index contributed by atoms with van der Waals surface area (Å²) in [7, 11) is -1.94. The number of benzene rings is 2. The molecule has 0 spiro atoms. The van der Waals surface area contributed by atoms with Crippen LogP contribution in [0, 0.1) is 6.92 Å². The zero-order valence-electron chi connectivity index (χ0n) is 16.3. The molecule has 1 heterocycles. The third-order valence-corrected chi connectivity index (χ3v) is 6.72. The predicted molar refractivity (Wildman–Crippen MR) is 109 cm³/mol. The van der Waals surface area contributed by atoms with E-state index in [1.165, 1.54) is 11.2 Å². The fraction of sp³-hybridized carbons (Fsp3) is 0.350. The monoisotopic (exact) mass is 403 g/mol. The molecule has 3 rings (SSSR count). The number of carbonyl (C=O) groups is 1. The molecular formula is C20H25N3O4S. The molecule has 0 aliphatic carbocycles. The molecule has 2 aromatic rings. The van der Waals surface area contributed by atoms with Gasteiger partial charge in [-0.15, -0.1) is 0 Å². The highest BCUT2D eigenvalue weighted by atomic mass is 32.2. The summed E-state index contributed by atoms with van der Waals surface area (Å²) in [6.07, 6.45) is 0. The SMILES string of the molecule is COc1ccc(N2CCN(S(=O)(=O)c3ccc(NC(C)=O)c(C)c3)CC2)cc1. The highest BCUT2D eigenvalue weighted by Gasteiger charge is 2.29. The van der Waals surface area contributed by atoms with Crippen molar-refractivity contribution < 1.29 is 17.9 Å². The second-order valence-corrected chi connectivity index (χ2v) is 8.69. The first-order chi connectivity index (χ1) is 13.3. The Balaban J connectivity index is 1.70. The number of piperazine rings is 1. The predicted octanol–water partition coefficient (Wildman–Crippen LogP) is 2.47. The number of hydrogen-bond donors (Lipinski definition) is 1. The summed E-state index contributed by atoms with van der Waals surface area (Å²) in [6, 6.07) is 12.5. The summed E-state index contributed by atoms with van der Waals surface area (Å²) in [4.78, 5) is 13.6. The lowest BCUT2D eigenvalue weighted by atomic mass is 10.2. The van der Waals surface area contributed by atoms with Crippen molar-refractivity contribution >= 4 is 27.3 Å². The van der Waals surface area contributed by atoms with Crippen LogP contribution in [0.2, 0.25) is 0 Å². The molecule has 0 atom stereocenters. The molecule has 0 aromatic heterocycles. The van der Waals surface area contributed by atoms with E-state index >= 15 is 0 Å². The standard InChI is InChI=1S/C20H25N3O4S/c1-15-14-19(8-9-20(15)21-16(2)24)28(25,26)23-12-10-22(11-13-23)17-4-6-18(27-3)7-5-17/h4-9,14H,10-13H2,1-3H3,(H,21,24). The number of sulfonamides is 1. The van der Waals surface area contributed by atoms with Crippen LogP contribution >= 0.6 is 0 Å². The molecule has 0 saturated carbocycles. The van der Waals surface area contributed by atoms with Gasteiger partial charge in [-0.25, -0.2) is 8.42 Å². The van der Waals surface area contributed by atoms with Crippen LogP contribution in [-0.4, -0.2) is 51.9 Å². The Hall–Kier alpha value is -2.58. The third kappa shape index (κ3) is 4.28.